The summed E-state index contributed by atoms with van der Waals surface area (Å²) in [5.41, 5.74) is 2.51. The number of hydrogen-bond acceptors (Lipinski definition) is 4. The lowest BCUT2D eigenvalue weighted by Crippen LogP contribution is -2.25. The molecule has 1 aliphatic heterocycles. The zero-order valence-electron chi connectivity index (χ0n) is 10.8. The van der Waals surface area contributed by atoms with E-state index in [0.29, 0.717) is 24.4 Å². The van der Waals surface area contributed by atoms with Crippen molar-refractivity contribution < 1.29 is 19.2 Å². The van der Waals surface area contributed by atoms with Gasteiger partial charge in [-0.15, -0.1) is 0 Å². The Balaban J connectivity index is 1.85. The van der Waals surface area contributed by atoms with E-state index in [1.807, 2.05) is 0 Å². The number of carbonyl (C=O) groups excluding carboxylic acids is 1. The molecular formula is C14H12N2O4. The molecule has 0 atom stereocenters. The number of carbonyl (C=O) groups is 2. The van der Waals surface area contributed by atoms with Gasteiger partial charge in [-0.3, -0.25) is 4.79 Å². The summed E-state index contributed by atoms with van der Waals surface area (Å²) in [5, 5.41) is 12.6. The third-order valence-electron chi connectivity index (χ3n) is 3.44. The van der Waals surface area contributed by atoms with Crippen molar-refractivity contribution in [2.45, 2.75) is 20.0 Å². The number of rotatable bonds is 2. The van der Waals surface area contributed by atoms with E-state index in [0.717, 1.165) is 11.1 Å². The lowest BCUT2D eigenvalue weighted by Gasteiger charge is -2.14. The number of benzene rings is 1. The summed E-state index contributed by atoms with van der Waals surface area (Å²) in [4.78, 5) is 24.9. The Kier molecular flexibility index (Phi) is 2.78. The maximum absolute atomic E-state index is 12.3. The molecule has 0 aliphatic carbocycles. The monoisotopic (exact) mass is 272 g/mol. The molecule has 102 valence electrons. The molecule has 2 heterocycles. The number of carboxylic acid groups (broad SMARTS) is 1. The van der Waals surface area contributed by atoms with E-state index in [2.05, 4.69) is 5.16 Å². The van der Waals surface area contributed by atoms with Crippen LogP contribution in [0.15, 0.2) is 28.9 Å². The van der Waals surface area contributed by atoms with Gasteiger partial charge in [0.2, 0.25) is 0 Å². The van der Waals surface area contributed by atoms with Gasteiger partial charge in [0.25, 0.3) is 5.91 Å². The highest BCUT2D eigenvalue weighted by molar-refractivity contribution is 5.95. The second kappa shape index (κ2) is 4.48. The predicted octanol–water partition coefficient (Wildman–Crippen LogP) is 1.84. The average Bonchev–Trinajstić information content (AvgIpc) is 3.02. The molecular weight excluding hydrogens is 260 g/mol. The van der Waals surface area contributed by atoms with Crippen LogP contribution in [0.1, 0.15) is 37.6 Å². The molecule has 6 heteroatoms. The van der Waals surface area contributed by atoms with Crippen LogP contribution in [-0.4, -0.2) is 27.0 Å². The van der Waals surface area contributed by atoms with E-state index in [4.69, 9.17) is 9.63 Å². The largest absolute Gasteiger partial charge is 0.478 e. The first kappa shape index (κ1) is 12.4. The topological polar surface area (TPSA) is 83.6 Å². The molecule has 0 saturated carbocycles. The van der Waals surface area contributed by atoms with Crippen LogP contribution in [0, 0.1) is 6.92 Å². The van der Waals surface area contributed by atoms with Crippen molar-refractivity contribution in [1.82, 2.24) is 10.1 Å². The molecule has 6 nitrogen and oxygen atoms in total. The Labute approximate surface area is 114 Å². The van der Waals surface area contributed by atoms with Crippen LogP contribution in [0.5, 0.6) is 0 Å². The highest BCUT2D eigenvalue weighted by Crippen LogP contribution is 2.26. The summed E-state index contributed by atoms with van der Waals surface area (Å²) < 4.78 is 4.90. The first-order valence-electron chi connectivity index (χ1n) is 6.12. The number of aryl methyl sites for hydroxylation is 1. The van der Waals surface area contributed by atoms with Crippen molar-refractivity contribution in [2.24, 2.45) is 0 Å². The maximum atomic E-state index is 12.3. The van der Waals surface area contributed by atoms with Gasteiger partial charge in [0.1, 0.15) is 11.3 Å². The van der Waals surface area contributed by atoms with E-state index >= 15 is 0 Å². The van der Waals surface area contributed by atoms with E-state index in [1.165, 1.54) is 6.20 Å². The van der Waals surface area contributed by atoms with E-state index in [1.54, 1.807) is 30.0 Å². The lowest BCUT2D eigenvalue weighted by atomic mass is 10.1. The second-order valence-electron chi connectivity index (χ2n) is 4.75. The summed E-state index contributed by atoms with van der Waals surface area (Å²) in [6.45, 7) is 2.56. The molecule has 1 N–H and O–H groups in total. The smallest absolute Gasteiger partial charge is 0.335 e. The van der Waals surface area contributed by atoms with Crippen LogP contribution in [0.3, 0.4) is 0 Å². The lowest BCUT2D eigenvalue weighted by molar-refractivity contribution is 0.0696. The number of aromatic nitrogens is 1. The average molecular weight is 272 g/mol. The maximum Gasteiger partial charge on any atom is 0.335 e. The zero-order valence-corrected chi connectivity index (χ0v) is 10.8. The molecule has 2 aromatic rings. The minimum absolute atomic E-state index is 0.156. The molecule has 0 saturated heterocycles. The van der Waals surface area contributed by atoms with Crippen LogP contribution in [0.25, 0.3) is 0 Å². The fourth-order valence-corrected chi connectivity index (χ4v) is 2.35. The number of fused-ring (bicyclic) bond motifs is 1. The highest BCUT2D eigenvalue weighted by Gasteiger charge is 2.27. The molecule has 1 aromatic heterocycles. The molecule has 1 aromatic carbocycles. The summed E-state index contributed by atoms with van der Waals surface area (Å²) in [6.07, 6.45) is 1.41. The Morgan fingerprint density at radius 2 is 2.05 bits per heavy atom. The first-order valence-corrected chi connectivity index (χ1v) is 6.12. The number of carboxylic acids is 1. The summed E-state index contributed by atoms with van der Waals surface area (Å²) in [6, 6.07) is 4.93. The van der Waals surface area contributed by atoms with Gasteiger partial charge < -0.3 is 14.5 Å². The molecule has 20 heavy (non-hydrogen) atoms. The number of nitrogens with zero attached hydrogens (tertiary/aromatic N) is 2. The molecule has 0 bridgehead atoms. The normalized spacial score (nSPS) is 13.3. The van der Waals surface area contributed by atoms with Gasteiger partial charge in [0.05, 0.1) is 11.8 Å². The van der Waals surface area contributed by atoms with Gasteiger partial charge in [-0.05, 0) is 30.2 Å². The molecule has 1 aliphatic rings. The molecule has 0 unspecified atom stereocenters. The highest BCUT2D eigenvalue weighted by atomic mass is 16.5. The quantitative estimate of drug-likeness (QED) is 0.901. The van der Waals surface area contributed by atoms with Crippen molar-refractivity contribution >= 4 is 11.9 Å². The minimum atomic E-state index is -0.965. The molecule has 0 spiro atoms. The van der Waals surface area contributed by atoms with Crippen molar-refractivity contribution in [2.75, 3.05) is 0 Å². The van der Waals surface area contributed by atoms with Crippen LogP contribution >= 0.6 is 0 Å². The van der Waals surface area contributed by atoms with Gasteiger partial charge in [-0.1, -0.05) is 11.2 Å². The molecule has 1 amide bonds. The fraction of sp³-hybridized carbons (Fsp3) is 0.214. The minimum Gasteiger partial charge on any atom is -0.478 e. The Hall–Kier alpha value is -2.63. The SMILES string of the molecule is Cc1oncc1C(=O)N1Cc2ccc(C(=O)O)cc2C1. The van der Waals surface area contributed by atoms with Crippen molar-refractivity contribution in [3.05, 3.63) is 52.4 Å². The van der Waals surface area contributed by atoms with Crippen LogP contribution in [-0.2, 0) is 13.1 Å². The number of amides is 1. The van der Waals surface area contributed by atoms with Crippen LogP contribution < -0.4 is 0 Å². The molecule has 0 fully saturated rings. The first-order chi connectivity index (χ1) is 9.56. The van der Waals surface area contributed by atoms with Crippen molar-refractivity contribution in [1.29, 1.82) is 0 Å². The van der Waals surface area contributed by atoms with Gasteiger partial charge in [-0.25, -0.2) is 4.79 Å². The Bertz CT molecular complexity index is 705. The fourth-order valence-electron chi connectivity index (χ4n) is 2.35. The Morgan fingerprint density at radius 1 is 1.30 bits per heavy atom. The second-order valence-corrected chi connectivity index (χ2v) is 4.75. The van der Waals surface area contributed by atoms with E-state index < -0.39 is 5.97 Å². The van der Waals surface area contributed by atoms with Gasteiger partial charge in [0.15, 0.2) is 0 Å². The van der Waals surface area contributed by atoms with Gasteiger partial charge >= 0.3 is 5.97 Å². The van der Waals surface area contributed by atoms with E-state index in [9.17, 15) is 9.59 Å². The van der Waals surface area contributed by atoms with Gasteiger partial charge in [-0.2, -0.15) is 0 Å². The standard InChI is InChI=1S/C14H12N2O4/c1-8-12(5-15-20-8)13(17)16-6-10-3-2-9(14(18)19)4-11(10)7-16/h2-5H,6-7H2,1H3,(H,18,19). The summed E-state index contributed by atoms with van der Waals surface area (Å²) in [7, 11) is 0. The number of hydrogen-bond donors (Lipinski definition) is 1. The molecule has 3 rings (SSSR count). The molecule has 0 radical (unpaired) electrons. The number of aromatic carboxylic acids is 1. The van der Waals surface area contributed by atoms with Crippen molar-refractivity contribution in [3.63, 3.8) is 0 Å². The summed E-state index contributed by atoms with van der Waals surface area (Å²) in [5.74, 6) is -0.638. The van der Waals surface area contributed by atoms with Crippen molar-refractivity contribution in [3.8, 4) is 0 Å². The zero-order chi connectivity index (χ0) is 14.3. The van der Waals surface area contributed by atoms with Crippen LogP contribution in [0.2, 0.25) is 0 Å². The third-order valence-corrected chi connectivity index (χ3v) is 3.44. The van der Waals surface area contributed by atoms with Gasteiger partial charge in [0, 0.05) is 13.1 Å². The Morgan fingerprint density at radius 3 is 2.70 bits per heavy atom. The van der Waals surface area contributed by atoms with Crippen LogP contribution in [0.4, 0.5) is 0 Å². The third kappa shape index (κ3) is 1.95. The summed E-state index contributed by atoms with van der Waals surface area (Å²) >= 11 is 0. The van der Waals surface area contributed by atoms with E-state index in [-0.39, 0.29) is 11.5 Å². The predicted molar refractivity (Wildman–Crippen MR) is 68.2 cm³/mol.